The highest BCUT2D eigenvalue weighted by Crippen LogP contribution is 2.16. The highest BCUT2D eigenvalue weighted by molar-refractivity contribution is 9.10. The molecule has 0 fully saturated rings. The van der Waals surface area contributed by atoms with Crippen LogP contribution in [0.2, 0.25) is 0 Å². The molecule has 4 heteroatoms. The van der Waals surface area contributed by atoms with E-state index in [9.17, 15) is 0 Å². The molecule has 62 valence electrons. The molecule has 2 aromatic heterocycles. The summed E-state index contributed by atoms with van der Waals surface area (Å²) in [6.45, 7) is 4.04. The fourth-order valence-corrected chi connectivity index (χ4v) is 1.68. The van der Waals surface area contributed by atoms with E-state index in [4.69, 9.17) is 0 Å². The Balaban J connectivity index is 2.98. The lowest BCUT2D eigenvalue weighted by Crippen LogP contribution is -1.95. The molecule has 2 heterocycles. The molecule has 0 saturated heterocycles. The van der Waals surface area contributed by atoms with Gasteiger partial charge in [-0.2, -0.15) is 0 Å². The Morgan fingerprint density at radius 3 is 2.33 bits per heavy atom. The highest BCUT2D eigenvalue weighted by atomic mass is 79.9. The summed E-state index contributed by atoms with van der Waals surface area (Å²) in [7, 11) is 0. The number of hydrogen-bond donors (Lipinski definition) is 0. The van der Waals surface area contributed by atoms with Gasteiger partial charge in [0, 0.05) is 23.8 Å². The van der Waals surface area contributed by atoms with Crippen molar-refractivity contribution in [3.8, 4) is 0 Å². The van der Waals surface area contributed by atoms with Crippen LogP contribution >= 0.6 is 15.9 Å². The summed E-state index contributed by atoms with van der Waals surface area (Å²) in [4.78, 5) is 8.39. The zero-order chi connectivity index (χ0) is 8.72. The van der Waals surface area contributed by atoms with Crippen LogP contribution in [-0.2, 0) is 0 Å². The fourth-order valence-electron chi connectivity index (χ4n) is 1.29. The van der Waals surface area contributed by atoms with Gasteiger partial charge in [-0.1, -0.05) is 0 Å². The van der Waals surface area contributed by atoms with Crippen LogP contribution in [0.15, 0.2) is 17.0 Å². The summed E-state index contributed by atoms with van der Waals surface area (Å²) in [6, 6.07) is 0. The summed E-state index contributed by atoms with van der Waals surface area (Å²) in [5.41, 5.74) is 3.11. The number of imidazole rings is 1. The third-order valence-electron chi connectivity index (χ3n) is 1.84. The quantitative estimate of drug-likeness (QED) is 0.688. The Labute approximate surface area is 78.6 Å². The Kier molecular flexibility index (Phi) is 1.65. The van der Waals surface area contributed by atoms with Gasteiger partial charge in [-0.3, -0.25) is 4.40 Å². The van der Waals surface area contributed by atoms with Crippen molar-refractivity contribution in [3.05, 3.63) is 28.4 Å². The predicted octanol–water partition coefficient (Wildman–Crippen LogP) is 2.11. The molecule has 2 rings (SSSR count). The van der Waals surface area contributed by atoms with Gasteiger partial charge in [0.2, 0.25) is 0 Å². The first-order chi connectivity index (χ1) is 5.70. The molecule has 0 unspecified atom stereocenters. The van der Waals surface area contributed by atoms with Gasteiger partial charge in [0.25, 0.3) is 0 Å². The predicted molar refractivity (Wildman–Crippen MR) is 50.2 cm³/mol. The number of nitrogens with zero attached hydrogens (tertiary/aromatic N) is 3. The van der Waals surface area contributed by atoms with Crippen LogP contribution in [0.3, 0.4) is 0 Å². The van der Waals surface area contributed by atoms with E-state index < -0.39 is 0 Å². The Hall–Kier alpha value is -0.900. The Bertz CT molecular complexity index is 433. The standard InChI is InChI=1S/C8H8BrN3/c1-5-3-10-7(9)8-11-4-6(2)12(5)8/h3-4H,1-2H3. The zero-order valence-electron chi connectivity index (χ0n) is 6.87. The molecule has 0 aromatic carbocycles. The third-order valence-corrected chi connectivity index (χ3v) is 2.40. The van der Waals surface area contributed by atoms with Crippen molar-refractivity contribution in [1.82, 2.24) is 14.4 Å². The third kappa shape index (κ3) is 0.948. The number of aryl methyl sites for hydroxylation is 2. The monoisotopic (exact) mass is 225 g/mol. The van der Waals surface area contributed by atoms with Gasteiger partial charge in [-0.05, 0) is 29.8 Å². The van der Waals surface area contributed by atoms with Crippen LogP contribution in [0.25, 0.3) is 5.65 Å². The van der Waals surface area contributed by atoms with Crippen LogP contribution in [0.5, 0.6) is 0 Å². The van der Waals surface area contributed by atoms with Crippen molar-refractivity contribution in [1.29, 1.82) is 0 Å². The normalized spacial score (nSPS) is 10.9. The van der Waals surface area contributed by atoms with E-state index in [1.54, 1.807) is 0 Å². The minimum Gasteiger partial charge on any atom is -0.298 e. The van der Waals surface area contributed by atoms with E-state index >= 15 is 0 Å². The molecule has 0 aliphatic heterocycles. The van der Waals surface area contributed by atoms with Crippen LogP contribution in [-0.4, -0.2) is 14.4 Å². The van der Waals surface area contributed by atoms with Crippen molar-refractivity contribution in [2.45, 2.75) is 13.8 Å². The maximum Gasteiger partial charge on any atom is 0.170 e. The molecule has 0 spiro atoms. The van der Waals surface area contributed by atoms with E-state index in [1.165, 1.54) is 0 Å². The van der Waals surface area contributed by atoms with Crippen molar-refractivity contribution < 1.29 is 0 Å². The summed E-state index contributed by atoms with van der Waals surface area (Å²) >= 11 is 3.35. The average Bonchev–Trinajstić information content (AvgIpc) is 2.42. The molecule has 3 nitrogen and oxygen atoms in total. The van der Waals surface area contributed by atoms with Gasteiger partial charge >= 0.3 is 0 Å². The first-order valence-electron chi connectivity index (χ1n) is 3.65. The molecular weight excluding hydrogens is 218 g/mol. The van der Waals surface area contributed by atoms with Crippen LogP contribution in [0.1, 0.15) is 11.4 Å². The largest absolute Gasteiger partial charge is 0.298 e. The summed E-state index contributed by atoms with van der Waals surface area (Å²) in [5.74, 6) is 0. The van der Waals surface area contributed by atoms with E-state index in [1.807, 2.05) is 26.2 Å². The van der Waals surface area contributed by atoms with E-state index in [2.05, 4.69) is 30.3 Å². The Morgan fingerprint density at radius 2 is 1.75 bits per heavy atom. The van der Waals surface area contributed by atoms with Crippen molar-refractivity contribution in [2.24, 2.45) is 0 Å². The first-order valence-corrected chi connectivity index (χ1v) is 4.44. The smallest absolute Gasteiger partial charge is 0.170 e. The number of hydrogen-bond acceptors (Lipinski definition) is 2. The van der Waals surface area contributed by atoms with E-state index in [0.29, 0.717) is 0 Å². The van der Waals surface area contributed by atoms with Gasteiger partial charge in [-0.15, -0.1) is 0 Å². The highest BCUT2D eigenvalue weighted by Gasteiger charge is 2.05. The summed E-state index contributed by atoms with van der Waals surface area (Å²) < 4.78 is 2.86. The Morgan fingerprint density at radius 1 is 1.17 bits per heavy atom. The summed E-state index contributed by atoms with van der Waals surface area (Å²) in [5, 5.41) is 0. The molecule has 0 aliphatic rings. The first kappa shape index (κ1) is 7.73. The number of fused-ring (bicyclic) bond motifs is 1. The lowest BCUT2D eigenvalue weighted by Gasteiger charge is -2.01. The molecule has 12 heavy (non-hydrogen) atoms. The SMILES string of the molecule is Cc1cnc(Br)c2ncc(C)n12. The van der Waals surface area contributed by atoms with E-state index in [0.717, 1.165) is 21.6 Å². The summed E-state index contributed by atoms with van der Waals surface area (Å²) in [6.07, 6.45) is 3.67. The topological polar surface area (TPSA) is 30.2 Å². The van der Waals surface area contributed by atoms with Crippen molar-refractivity contribution in [3.63, 3.8) is 0 Å². The van der Waals surface area contributed by atoms with Crippen LogP contribution in [0.4, 0.5) is 0 Å². The van der Waals surface area contributed by atoms with Crippen molar-refractivity contribution >= 4 is 21.6 Å². The number of rotatable bonds is 0. The molecule has 0 bridgehead atoms. The van der Waals surface area contributed by atoms with Crippen LogP contribution in [0, 0.1) is 13.8 Å². The number of halogens is 1. The zero-order valence-corrected chi connectivity index (χ0v) is 8.46. The van der Waals surface area contributed by atoms with Crippen LogP contribution < -0.4 is 0 Å². The molecule has 0 N–H and O–H groups in total. The molecule has 0 amide bonds. The molecule has 0 aliphatic carbocycles. The lowest BCUT2D eigenvalue weighted by atomic mass is 10.4. The molecule has 0 atom stereocenters. The fraction of sp³-hybridized carbons (Fsp3) is 0.250. The van der Waals surface area contributed by atoms with Crippen molar-refractivity contribution in [2.75, 3.05) is 0 Å². The average molecular weight is 226 g/mol. The van der Waals surface area contributed by atoms with Gasteiger partial charge < -0.3 is 0 Å². The molecule has 2 aromatic rings. The maximum atomic E-state index is 4.23. The maximum absolute atomic E-state index is 4.23. The molecule has 0 radical (unpaired) electrons. The second-order valence-electron chi connectivity index (χ2n) is 2.75. The molecular formula is C8H8BrN3. The minimum atomic E-state index is 0.793. The van der Waals surface area contributed by atoms with Gasteiger partial charge in [0.05, 0.1) is 0 Å². The lowest BCUT2D eigenvalue weighted by molar-refractivity contribution is 0.996. The van der Waals surface area contributed by atoms with Gasteiger partial charge in [0.15, 0.2) is 5.65 Å². The second-order valence-corrected chi connectivity index (χ2v) is 3.50. The number of aromatic nitrogens is 3. The second kappa shape index (κ2) is 2.55. The van der Waals surface area contributed by atoms with E-state index in [-0.39, 0.29) is 0 Å². The molecule has 0 saturated carbocycles. The van der Waals surface area contributed by atoms with Gasteiger partial charge in [0.1, 0.15) is 4.60 Å². The van der Waals surface area contributed by atoms with Gasteiger partial charge in [-0.25, -0.2) is 9.97 Å². The minimum absolute atomic E-state index is 0.793.